The average Bonchev–Trinajstić information content (AvgIpc) is 3.19. The summed E-state index contributed by atoms with van der Waals surface area (Å²) >= 11 is 0. The first-order valence-corrected chi connectivity index (χ1v) is 9.84. The van der Waals surface area contributed by atoms with Crippen molar-refractivity contribution < 1.29 is 14.3 Å². The molecule has 2 heterocycles. The fourth-order valence-electron chi connectivity index (χ4n) is 3.35. The van der Waals surface area contributed by atoms with E-state index in [1.807, 2.05) is 77.3 Å². The van der Waals surface area contributed by atoms with Crippen LogP contribution in [0.3, 0.4) is 0 Å². The Kier molecular flexibility index (Phi) is 5.94. The lowest BCUT2D eigenvalue weighted by Crippen LogP contribution is -1.94. The van der Waals surface area contributed by atoms with Gasteiger partial charge < -0.3 is 9.47 Å². The van der Waals surface area contributed by atoms with Gasteiger partial charge in [-0.1, -0.05) is 42.5 Å². The van der Waals surface area contributed by atoms with Crippen molar-refractivity contribution in [1.29, 1.82) is 0 Å². The van der Waals surface area contributed by atoms with Crippen LogP contribution in [0.2, 0.25) is 0 Å². The maximum absolute atomic E-state index is 12.4. The molecule has 0 bridgehead atoms. The summed E-state index contributed by atoms with van der Waals surface area (Å²) < 4.78 is 12.9. The van der Waals surface area contributed by atoms with Crippen LogP contribution in [0.25, 0.3) is 29.1 Å². The molecule has 4 aromatic rings. The number of methoxy groups -OCH3 is 2. The Balaban J connectivity index is 1.73. The minimum atomic E-state index is -0.117. The third-order valence-electron chi connectivity index (χ3n) is 4.87. The van der Waals surface area contributed by atoms with Gasteiger partial charge in [0.1, 0.15) is 17.1 Å². The molecule has 0 saturated heterocycles. The SMILES string of the molecule is COc1ccc(-c2c(/C=C/C(=O)/C=C/c3ccccc3)nc3ccccn23)c(OC)c1. The Bertz CT molecular complexity index is 1270. The number of allylic oxidation sites excluding steroid dienone is 2. The number of rotatable bonds is 7. The highest BCUT2D eigenvalue weighted by atomic mass is 16.5. The van der Waals surface area contributed by atoms with Crippen LogP contribution in [0.1, 0.15) is 11.3 Å². The molecule has 0 aliphatic heterocycles. The summed E-state index contributed by atoms with van der Waals surface area (Å²) in [5.74, 6) is 1.25. The predicted octanol–water partition coefficient (Wildman–Crippen LogP) is 5.31. The normalized spacial score (nSPS) is 11.4. The first-order chi connectivity index (χ1) is 15.2. The van der Waals surface area contributed by atoms with Crippen LogP contribution in [0, 0.1) is 0 Å². The molecule has 31 heavy (non-hydrogen) atoms. The molecule has 0 saturated carbocycles. The summed E-state index contributed by atoms with van der Waals surface area (Å²) in [6.07, 6.45) is 8.55. The smallest absolute Gasteiger partial charge is 0.178 e. The maximum atomic E-state index is 12.4. The standard InChI is InChI=1S/C26H22N2O3/c1-30-21-14-15-22(24(18-21)31-2)26-23(27-25-10-6-7-17-28(25)26)16-13-20(29)12-11-19-8-4-3-5-9-19/h3-18H,1-2H3/b12-11+,16-13+. The number of ether oxygens (including phenoxy) is 2. The molecule has 0 atom stereocenters. The van der Waals surface area contributed by atoms with E-state index in [-0.39, 0.29) is 5.78 Å². The van der Waals surface area contributed by atoms with E-state index in [1.54, 1.807) is 32.4 Å². The molecule has 154 valence electrons. The van der Waals surface area contributed by atoms with Gasteiger partial charge in [-0.2, -0.15) is 0 Å². The van der Waals surface area contributed by atoms with Crippen molar-refractivity contribution in [2.75, 3.05) is 14.2 Å². The molecular formula is C26H22N2O3. The van der Waals surface area contributed by atoms with Crippen LogP contribution < -0.4 is 9.47 Å². The minimum absolute atomic E-state index is 0.117. The van der Waals surface area contributed by atoms with Gasteiger partial charge in [-0.25, -0.2) is 4.98 Å². The number of carbonyl (C=O) groups excluding carboxylic acids is 1. The first-order valence-electron chi connectivity index (χ1n) is 9.84. The van der Waals surface area contributed by atoms with E-state index in [9.17, 15) is 4.79 Å². The molecule has 0 aliphatic carbocycles. The maximum Gasteiger partial charge on any atom is 0.178 e. The number of aromatic nitrogens is 2. The van der Waals surface area contributed by atoms with Crippen LogP contribution in [-0.2, 0) is 4.79 Å². The number of nitrogens with zero attached hydrogens (tertiary/aromatic N) is 2. The van der Waals surface area contributed by atoms with Crippen molar-refractivity contribution in [1.82, 2.24) is 9.38 Å². The molecule has 0 spiro atoms. The molecule has 0 radical (unpaired) electrons. The Morgan fingerprint density at radius 3 is 2.45 bits per heavy atom. The Morgan fingerprint density at radius 1 is 0.903 bits per heavy atom. The van der Waals surface area contributed by atoms with E-state index in [2.05, 4.69) is 0 Å². The van der Waals surface area contributed by atoms with Crippen LogP contribution in [0.4, 0.5) is 0 Å². The molecule has 0 N–H and O–H groups in total. The van der Waals surface area contributed by atoms with Gasteiger partial charge in [-0.3, -0.25) is 9.20 Å². The number of ketones is 1. The predicted molar refractivity (Wildman–Crippen MR) is 123 cm³/mol. The summed E-state index contributed by atoms with van der Waals surface area (Å²) in [7, 11) is 3.24. The summed E-state index contributed by atoms with van der Waals surface area (Å²) in [6.45, 7) is 0. The van der Waals surface area contributed by atoms with Gasteiger partial charge in [0.05, 0.1) is 25.6 Å². The molecule has 0 unspecified atom stereocenters. The fourth-order valence-corrected chi connectivity index (χ4v) is 3.35. The number of imidazole rings is 1. The number of benzene rings is 2. The van der Waals surface area contributed by atoms with E-state index >= 15 is 0 Å². The minimum Gasteiger partial charge on any atom is -0.497 e. The highest BCUT2D eigenvalue weighted by molar-refractivity contribution is 6.04. The summed E-state index contributed by atoms with van der Waals surface area (Å²) in [5.41, 5.74) is 4.12. The number of fused-ring (bicyclic) bond motifs is 1. The van der Waals surface area contributed by atoms with Gasteiger partial charge in [-0.15, -0.1) is 0 Å². The van der Waals surface area contributed by atoms with Crippen LogP contribution in [-0.4, -0.2) is 29.4 Å². The van der Waals surface area contributed by atoms with Gasteiger partial charge in [0.15, 0.2) is 5.78 Å². The zero-order chi connectivity index (χ0) is 21.6. The van der Waals surface area contributed by atoms with Crippen molar-refractivity contribution in [2.24, 2.45) is 0 Å². The van der Waals surface area contributed by atoms with Crippen molar-refractivity contribution in [3.05, 3.63) is 96.3 Å². The molecule has 5 nitrogen and oxygen atoms in total. The number of carbonyl (C=O) groups is 1. The third-order valence-corrected chi connectivity index (χ3v) is 4.87. The second-order valence-electron chi connectivity index (χ2n) is 6.82. The highest BCUT2D eigenvalue weighted by Crippen LogP contribution is 2.36. The van der Waals surface area contributed by atoms with Gasteiger partial charge in [0, 0.05) is 17.8 Å². The number of hydrogen-bond donors (Lipinski definition) is 0. The first kappa shape index (κ1) is 20.2. The summed E-state index contributed by atoms with van der Waals surface area (Å²) in [4.78, 5) is 17.1. The molecule has 2 aromatic carbocycles. The number of hydrogen-bond acceptors (Lipinski definition) is 4. The average molecular weight is 410 g/mol. The number of pyridine rings is 1. The van der Waals surface area contributed by atoms with E-state index in [1.165, 1.54) is 6.08 Å². The van der Waals surface area contributed by atoms with Crippen LogP contribution >= 0.6 is 0 Å². The Hall–Kier alpha value is -4.12. The zero-order valence-corrected chi connectivity index (χ0v) is 17.4. The lowest BCUT2D eigenvalue weighted by Gasteiger charge is -2.11. The summed E-state index contributed by atoms with van der Waals surface area (Å²) in [5, 5.41) is 0. The second-order valence-corrected chi connectivity index (χ2v) is 6.82. The molecule has 0 fully saturated rings. The second kappa shape index (κ2) is 9.13. The third kappa shape index (κ3) is 4.41. The van der Waals surface area contributed by atoms with Crippen LogP contribution in [0.5, 0.6) is 11.5 Å². The van der Waals surface area contributed by atoms with E-state index in [0.29, 0.717) is 17.2 Å². The van der Waals surface area contributed by atoms with Gasteiger partial charge in [-0.05, 0) is 48.1 Å². The van der Waals surface area contributed by atoms with Gasteiger partial charge >= 0.3 is 0 Å². The lowest BCUT2D eigenvalue weighted by molar-refractivity contribution is -0.110. The molecule has 0 aliphatic rings. The van der Waals surface area contributed by atoms with Gasteiger partial charge in [0.25, 0.3) is 0 Å². The van der Waals surface area contributed by atoms with Crippen LogP contribution in [0.15, 0.2) is 85.1 Å². The topological polar surface area (TPSA) is 52.8 Å². The molecule has 2 aromatic heterocycles. The lowest BCUT2D eigenvalue weighted by atomic mass is 10.1. The van der Waals surface area contributed by atoms with Crippen molar-refractivity contribution in [2.45, 2.75) is 0 Å². The molecule has 0 amide bonds. The van der Waals surface area contributed by atoms with E-state index < -0.39 is 0 Å². The molecule has 4 rings (SSSR count). The monoisotopic (exact) mass is 410 g/mol. The quantitative estimate of drug-likeness (QED) is 0.387. The van der Waals surface area contributed by atoms with Gasteiger partial charge in [0.2, 0.25) is 0 Å². The molecule has 5 heteroatoms. The Labute approximate surface area is 180 Å². The highest BCUT2D eigenvalue weighted by Gasteiger charge is 2.17. The van der Waals surface area contributed by atoms with Crippen molar-refractivity contribution >= 4 is 23.6 Å². The fraction of sp³-hybridized carbons (Fsp3) is 0.0769. The van der Waals surface area contributed by atoms with E-state index in [4.69, 9.17) is 14.5 Å². The van der Waals surface area contributed by atoms with Crippen molar-refractivity contribution in [3.63, 3.8) is 0 Å². The zero-order valence-electron chi connectivity index (χ0n) is 17.4. The molecular weight excluding hydrogens is 388 g/mol. The largest absolute Gasteiger partial charge is 0.497 e. The summed E-state index contributed by atoms with van der Waals surface area (Å²) in [6, 6.07) is 21.1. The van der Waals surface area contributed by atoms with Crippen molar-refractivity contribution in [3.8, 4) is 22.8 Å². The van der Waals surface area contributed by atoms with E-state index in [0.717, 1.165) is 22.5 Å². The Morgan fingerprint density at radius 2 is 1.68 bits per heavy atom.